The van der Waals surface area contributed by atoms with E-state index >= 15 is 0 Å². The van der Waals surface area contributed by atoms with Crippen LogP contribution in [0, 0.1) is 18.7 Å². The van der Waals surface area contributed by atoms with E-state index in [2.05, 4.69) is 10.6 Å². The average Bonchev–Trinajstić information content (AvgIpc) is 2.78. The molecule has 1 heterocycles. The van der Waals surface area contributed by atoms with Gasteiger partial charge in [-0.1, -0.05) is 35.9 Å². The van der Waals surface area contributed by atoms with E-state index in [1.807, 2.05) is 31.2 Å². The molecule has 0 bridgehead atoms. The molecule has 6 heteroatoms. The Hall–Kier alpha value is -3.67. The van der Waals surface area contributed by atoms with Gasteiger partial charge in [0.25, 0.3) is 5.91 Å². The second-order valence-electron chi connectivity index (χ2n) is 7.67. The van der Waals surface area contributed by atoms with E-state index in [4.69, 9.17) is 4.74 Å². The van der Waals surface area contributed by atoms with Gasteiger partial charge in [-0.25, -0.2) is 4.39 Å². The summed E-state index contributed by atoms with van der Waals surface area (Å²) in [5.41, 5.74) is 3.52. The largest absolute Gasteiger partial charge is 0.492 e. The van der Waals surface area contributed by atoms with Crippen LogP contribution in [0.15, 0.2) is 66.7 Å². The molecule has 0 aliphatic carbocycles. The first-order valence-corrected chi connectivity index (χ1v) is 10.1. The van der Waals surface area contributed by atoms with Crippen LogP contribution >= 0.6 is 0 Å². The Morgan fingerprint density at radius 3 is 2.71 bits per heavy atom. The normalized spacial score (nSPS) is 14.8. The smallest absolute Gasteiger partial charge is 0.255 e. The van der Waals surface area contributed by atoms with Crippen molar-refractivity contribution < 1.29 is 18.7 Å². The Bertz CT molecular complexity index is 1130. The zero-order valence-corrected chi connectivity index (χ0v) is 17.2. The molecule has 0 saturated carbocycles. The number of nitrogens with one attached hydrogen (secondary N) is 2. The van der Waals surface area contributed by atoms with Crippen LogP contribution in [0.2, 0.25) is 0 Å². The van der Waals surface area contributed by atoms with Crippen LogP contribution in [0.1, 0.15) is 27.0 Å². The average molecular weight is 418 g/mol. The monoisotopic (exact) mass is 418 g/mol. The van der Waals surface area contributed by atoms with Gasteiger partial charge < -0.3 is 15.4 Å². The van der Waals surface area contributed by atoms with Crippen molar-refractivity contribution in [1.29, 1.82) is 0 Å². The fraction of sp³-hybridized carbons (Fsp3) is 0.200. The highest BCUT2D eigenvalue weighted by atomic mass is 19.1. The molecule has 0 saturated heterocycles. The highest BCUT2D eigenvalue weighted by Crippen LogP contribution is 2.30. The van der Waals surface area contributed by atoms with Crippen LogP contribution in [-0.2, 0) is 17.8 Å². The van der Waals surface area contributed by atoms with Gasteiger partial charge in [0.1, 0.15) is 18.2 Å². The van der Waals surface area contributed by atoms with Crippen molar-refractivity contribution in [3.8, 4) is 5.75 Å². The molecule has 2 amide bonds. The third-order valence-electron chi connectivity index (χ3n) is 5.29. The molecule has 0 aromatic heterocycles. The van der Waals surface area contributed by atoms with E-state index < -0.39 is 0 Å². The van der Waals surface area contributed by atoms with Crippen molar-refractivity contribution in [2.45, 2.75) is 19.9 Å². The van der Waals surface area contributed by atoms with Gasteiger partial charge in [0.15, 0.2) is 0 Å². The SMILES string of the molecule is Cc1cccc(C(=O)Nc2ccc3c(c2)C[C@H](C(=O)NCc2ccccc2F)CO3)c1. The van der Waals surface area contributed by atoms with Crippen LogP contribution in [0.4, 0.5) is 10.1 Å². The third kappa shape index (κ3) is 4.91. The number of carbonyl (C=O) groups is 2. The fourth-order valence-electron chi connectivity index (χ4n) is 3.60. The summed E-state index contributed by atoms with van der Waals surface area (Å²) >= 11 is 0. The molecule has 0 fully saturated rings. The van der Waals surface area contributed by atoms with E-state index in [0.29, 0.717) is 29.0 Å². The second kappa shape index (κ2) is 9.00. The van der Waals surface area contributed by atoms with E-state index in [1.54, 1.807) is 36.4 Å². The number of anilines is 1. The molecular weight excluding hydrogens is 395 g/mol. The summed E-state index contributed by atoms with van der Waals surface area (Å²) in [6.07, 6.45) is 0.479. The van der Waals surface area contributed by atoms with Gasteiger partial charge in [-0.2, -0.15) is 0 Å². The van der Waals surface area contributed by atoms with Gasteiger partial charge >= 0.3 is 0 Å². The number of carbonyl (C=O) groups excluding carboxylic acids is 2. The highest BCUT2D eigenvalue weighted by molar-refractivity contribution is 6.04. The van der Waals surface area contributed by atoms with Crippen molar-refractivity contribution in [3.05, 3.63) is 94.8 Å². The lowest BCUT2D eigenvalue weighted by Crippen LogP contribution is -2.37. The molecule has 2 N–H and O–H groups in total. The van der Waals surface area contributed by atoms with Crippen LogP contribution in [-0.4, -0.2) is 18.4 Å². The Kier molecular flexibility index (Phi) is 5.98. The van der Waals surface area contributed by atoms with Crippen molar-refractivity contribution in [2.24, 2.45) is 5.92 Å². The molecule has 1 aliphatic heterocycles. The molecule has 0 spiro atoms. The van der Waals surface area contributed by atoms with Crippen LogP contribution in [0.25, 0.3) is 0 Å². The predicted octanol–water partition coefficient (Wildman–Crippen LogP) is 4.25. The summed E-state index contributed by atoms with van der Waals surface area (Å²) in [6, 6.07) is 19.1. The lowest BCUT2D eigenvalue weighted by molar-refractivity contribution is -0.126. The molecule has 5 nitrogen and oxygen atoms in total. The quantitative estimate of drug-likeness (QED) is 0.651. The lowest BCUT2D eigenvalue weighted by Gasteiger charge is -2.25. The van der Waals surface area contributed by atoms with Crippen LogP contribution < -0.4 is 15.4 Å². The van der Waals surface area contributed by atoms with Gasteiger partial charge in [0, 0.05) is 23.4 Å². The number of aryl methyl sites for hydroxylation is 1. The minimum Gasteiger partial charge on any atom is -0.492 e. The Morgan fingerprint density at radius 2 is 1.90 bits per heavy atom. The number of halogens is 1. The van der Waals surface area contributed by atoms with E-state index in [0.717, 1.165) is 11.1 Å². The second-order valence-corrected chi connectivity index (χ2v) is 7.67. The summed E-state index contributed by atoms with van der Waals surface area (Å²) in [7, 11) is 0. The standard InChI is InChI=1S/C25H23FN2O3/c1-16-5-4-7-17(11-16)25(30)28-21-9-10-23-19(13-21)12-20(15-31-23)24(29)27-14-18-6-2-3-8-22(18)26/h2-11,13,20H,12,14-15H2,1H3,(H,27,29)(H,28,30)/t20-/m0/s1. The van der Waals surface area contributed by atoms with E-state index in [-0.39, 0.29) is 36.7 Å². The Balaban J connectivity index is 1.40. The molecule has 1 atom stereocenters. The van der Waals surface area contributed by atoms with Crippen molar-refractivity contribution in [1.82, 2.24) is 5.32 Å². The van der Waals surface area contributed by atoms with Gasteiger partial charge in [-0.3, -0.25) is 9.59 Å². The third-order valence-corrected chi connectivity index (χ3v) is 5.29. The molecule has 1 aliphatic rings. The maximum Gasteiger partial charge on any atom is 0.255 e. The fourth-order valence-corrected chi connectivity index (χ4v) is 3.60. The number of ether oxygens (including phenoxy) is 1. The summed E-state index contributed by atoms with van der Waals surface area (Å²) < 4.78 is 19.5. The number of fused-ring (bicyclic) bond motifs is 1. The molecule has 31 heavy (non-hydrogen) atoms. The minimum absolute atomic E-state index is 0.126. The summed E-state index contributed by atoms with van der Waals surface area (Å²) in [6.45, 7) is 2.32. The van der Waals surface area contributed by atoms with Crippen LogP contribution in [0.5, 0.6) is 5.75 Å². The van der Waals surface area contributed by atoms with Crippen LogP contribution in [0.3, 0.4) is 0 Å². The summed E-state index contributed by atoms with van der Waals surface area (Å²) in [5, 5.41) is 5.68. The topological polar surface area (TPSA) is 67.4 Å². The van der Waals surface area contributed by atoms with Gasteiger partial charge in [0.05, 0.1) is 5.92 Å². The van der Waals surface area contributed by atoms with Crippen molar-refractivity contribution in [2.75, 3.05) is 11.9 Å². The molecule has 0 radical (unpaired) electrons. The zero-order valence-electron chi connectivity index (χ0n) is 17.2. The van der Waals surface area contributed by atoms with E-state index in [9.17, 15) is 14.0 Å². The lowest BCUT2D eigenvalue weighted by atomic mass is 9.95. The van der Waals surface area contributed by atoms with Gasteiger partial charge in [0.2, 0.25) is 5.91 Å². The maximum atomic E-state index is 13.8. The molecule has 4 rings (SSSR count). The zero-order chi connectivity index (χ0) is 21.8. The first-order valence-electron chi connectivity index (χ1n) is 10.1. The van der Waals surface area contributed by atoms with E-state index in [1.165, 1.54) is 6.07 Å². The molecule has 3 aromatic carbocycles. The Morgan fingerprint density at radius 1 is 1.06 bits per heavy atom. The summed E-state index contributed by atoms with van der Waals surface area (Å²) in [4.78, 5) is 25.1. The number of hydrogen-bond donors (Lipinski definition) is 2. The first-order chi connectivity index (χ1) is 15.0. The van der Waals surface area contributed by atoms with Crippen molar-refractivity contribution >= 4 is 17.5 Å². The number of amides is 2. The number of benzene rings is 3. The first kappa shape index (κ1) is 20.6. The minimum atomic E-state index is -0.387. The molecular formula is C25H23FN2O3. The molecule has 158 valence electrons. The predicted molar refractivity (Wildman–Crippen MR) is 117 cm³/mol. The van der Waals surface area contributed by atoms with Crippen molar-refractivity contribution in [3.63, 3.8) is 0 Å². The number of rotatable bonds is 5. The van der Waals surface area contributed by atoms with Gasteiger partial charge in [-0.15, -0.1) is 0 Å². The maximum absolute atomic E-state index is 13.8. The summed E-state index contributed by atoms with van der Waals surface area (Å²) in [5.74, 6) is -0.418. The highest BCUT2D eigenvalue weighted by Gasteiger charge is 2.26. The Labute approximate surface area is 180 Å². The number of hydrogen-bond acceptors (Lipinski definition) is 3. The molecule has 0 unspecified atom stereocenters. The molecule has 3 aromatic rings. The van der Waals surface area contributed by atoms with Gasteiger partial charge in [-0.05, 0) is 55.3 Å².